The van der Waals surface area contributed by atoms with Gasteiger partial charge in [-0.25, -0.2) is 4.79 Å². The number of carbonyl (C=O) groups is 1. The molecule has 0 fully saturated rings. The maximum atomic E-state index is 12.0. The van der Waals surface area contributed by atoms with Crippen LogP contribution < -0.4 is 4.74 Å². The first-order valence-corrected chi connectivity index (χ1v) is 5.90. The van der Waals surface area contributed by atoms with Crippen LogP contribution in [0.2, 0.25) is 0 Å². The topological polar surface area (TPSA) is 34.5 Å². The molecule has 0 aliphatic rings. The largest absolute Gasteiger partial charge is 0.494 e. The molecule has 0 atom stereocenters. The molecule has 2 aromatic rings. The minimum absolute atomic E-state index is 0.0966. The van der Waals surface area contributed by atoms with E-state index in [0.717, 1.165) is 15.4 Å². The van der Waals surface area contributed by atoms with Crippen molar-refractivity contribution in [2.24, 2.45) is 0 Å². The second-order valence-corrected chi connectivity index (χ2v) is 4.82. The smallest absolute Gasteiger partial charge is 0.328 e. The molecule has 0 radical (unpaired) electrons. The third-order valence-electron chi connectivity index (χ3n) is 2.54. The van der Waals surface area contributed by atoms with Crippen molar-refractivity contribution in [2.45, 2.75) is 0 Å². The van der Waals surface area contributed by atoms with Gasteiger partial charge in [-0.1, -0.05) is 15.9 Å². The summed E-state index contributed by atoms with van der Waals surface area (Å²) in [5, 5.41) is 0.914. The Morgan fingerprint density at radius 3 is 2.71 bits per heavy atom. The number of hydrogen-bond donors (Lipinski definition) is 0. The molecule has 0 aliphatic heterocycles. The molecule has 0 spiro atoms. The van der Waals surface area contributed by atoms with Crippen molar-refractivity contribution in [1.82, 2.24) is 9.47 Å². The Bertz CT molecular complexity index is 575. The van der Waals surface area contributed by atoms with Crippen LogP contribution in [0.5, 0.6) is 5.75 Å². The van der Waals surface area contributed by atoms with Crippen LogP contribution in [0, 0.1) is 0 Å². The Morgan fingerprint density at radius 1 is 1.41 bits per heavy atom. The molecular weight excluding hydrogens is 284 g/mol. The number of halogens is 1. The van der Waals surface area contributed by atoms with Gasteiger partial charge in [0.15, 0.2) is 0 Å². The minimum atomic E-state index is -0.0966. The van der Waals surface area contributed by atoms with Crippen LogP contribution in [0.4, 0.5) is 4.79 Å². The Morgan fingerprint density at radius 2 is 2.12 bits per heavy atom. The highest BCUT2D eigenvalue weighted by Crippen LogP contribution is 2.30. The van der Waals surface area contributed by atoms with Crippen molar-refractivity contribution in [2.75, 3.05) is 21.2 Å². The molecule has 0 saturated heterocycles. The van der Waals surface area contributed by atoms with Crippen LogP contribution in [0.15, 0.2) is 28.9 Å². The van der Waals surface area contributed by atoms with Gasteiger partial charge in [-0.15, -0.1) is 0 Å². The average Bonchev–Trinajstić information content (AvgIpc) is 2.65. The first-order chi connectivity index (χ1) is 8.04. The van der Waals surface area contributed by atoms with Gasteiger partial charge >= 0.3 is 6.03 Å². The van der Waals surface area contributed by atoms with Crippen LogP contribution in [-0.2, 0) is 0 Å². The van der Waals surface area contributed by atoms with Gasteiger partial charge in [0.1, 0.15) is 5.75 Å². The molecule has 90 valence electrons. The lowest BCUT2D eigenvalue weighted by Gasteiger charge is -2.11. The van der Waals surface area contributed by atoms with Crippen molar-refractivity contribution in [3.63, 3.8) is 0 Å². The van der Waals surface area contributed by atoms with Crippen molar-refractivity contribution in [3.8, 4) is 5.75 Å². The molecule has 1 aromatic heterocycles. The number of aromatic nitrogens is 1. The second kappa shape index (κ2) is 4.41. The zero-order valence-electron chi connectivity index (χ0n) is 9.90. The van der Waals surface area contributed by atoms with Crippen LogP contribution >= 0.6 is 15.9 Å². The molecule has 4 nitrogen and oxygen atoms in total. The Balaban J connectivity index is 2.69. The van der Waals surface area contributed by atoms with Gasteiger partial charge in [0.25, 0.3) is 0 Å². The molecular formula is C12H13BrN2O2. The van der Waals surface area contributed by atoms with E-state index in [4.69, 9.17) is 4.74 Å². The van der Waals surface area contributed by atoms with E-state index < -0.39 is 0 Å². The van der Waals surface area contributed by atoms with Crippen LogP contribution in [0.25, 0.3) is 10.9 Å². The quantitative estimate of drug-likeness (QED) is 0.811. The van der Waals surface area contributed by atoms with Crippen LogP contribution in [0.3, 0.4) is 0 Å². The van der Waals surface area contributed by atoms with Gasteiger partial charge in [0.2, 0.25) is 0 Å². The van der Waals surface area contributed by atoms with Gasteiger partial charge in [0.05, 0.1) is 18.8 Å². The maximum Gasteiger partial charge on any atom is 0.328 e. The molecule has 5 heteroatoms. The van der Waals surface area contributed by atoms with Gasteiger partial charge in [-0.2, -0.15) is 0 Å². The molecule has 1 aromatic carbocycles. The Hall–Kier alpha value is -1.49. The Kier molecular flexibility index (Phi) is 3.11. The molecule has 2 rings (SSSR count). The first-order valence-electron chi connectivity index (χ1n) is 5.11. The number of nitrogens with zero attached hydrogens (tertiary/aromatic N) is 2. The highest BCUT2D eigenvalue weighted by Gasteiger charge is 2.15. The normalized spacial score (nSPS) is 10.6. The number of methoxy groups -OCH3 is 1. The first kappa shape index (κ1) is 12.0. The number of benzene rings is 1. The summed E-state index contributed by atoms with van der Waals surface area (Å²) in [6.45, 7) is 0. The molecule has 0 aliphatic carbocycles. The van der Waals surface area contributed by atoms with Gasteiger partial charge in [-0.05, 0) is 18.2 Å². The molecule has 0 N–H and O–H groups in total. The summed E-state index contributed by atoms with van der Waals surface area (Å²) < 4.78 is 7.82. The number of fused-ring (bicyclic) bond motifs is 1. The number of rotatable bonds is 1. The van der Waals surface area contributed by atoms with Crippen LogP contribution in [-0.4, -0.2) is 36.7 Å². The van der Waals surface area contributed by atoms with Gasteiger partial charge in [0, 0.05) is 24.0 Å². The molecule has 17 heavy (non-hydrogen) atoms. The third kappa shape index (κ3) is 2.02. The molecule has 1 heterocycles. The molecule has 0 unspecified atom stereocenters. The molecule has 0 bridgehead atoms. The van der Waals surface area contributed by atoms with Crippen molar-refractivity contribution in [3.05, 3.63) is 28.9 Å². The predicted molar refractivity (Wildman–Crippen MR) is 70.7 cm³/mol. The van der Waals surface area contributed by atoms with E-state index in [0.29, 0.717) is 5.75 Å². The van der Waals surface area contributed by atoms with E-state index in [2.05, 4.69) is 15.9 Å². The summed E-state index contributed by atoms with van der Waals surface area (Å²) in [4.78, 5) is 13.5. The van der Waals surface area contributed by atoms with E-state index in [1.165, 1.54) is 4.90 Å². The number of ether oxygens (including phenoxy) is 1. The fraction of sp³-hybridized carbons (Fsp3) is 0.250. The molecule has 0 saturated carbocycles. The van der Waals surface area contributed by atoms with Crippen molar-refractivity contribution < 1.29 is 9.53 Å². The average molecular weight is 297 g/mol. The summed E-state index contributed by atoms with van der Waals surface area (Å²) in [6.07, 6.45) is 1.71. The molecule has 1 amide bonds. The fourth-order valence-electron chi connectivity index (χ4n) is 1.71. The van der Waals surface area contributed by atoms with E-state index in [1.54, 1.807) is 32.0 Å². The highest BCUT2D eigenvalue weighted by atomic mass is 79.9. The van der Waals surface area contributed by atoms with Crippen LogP contribution in [0.1, 0.15) is 0 Å². The standard InChI is InChI=1S/C12H13BrN2O2/c1-14(2)12(16)15-7-11(17-3)9-6-8(13)4-5-10(9)15/h4-7H,1-3H3. The number of hydrogen-bond acceptors (Lipinski definition) is 2. The number of carbonyl (C=O) groups excluding carboxylic acids is 1. The van der Waals surface area contributed by atoms with E-state index >= 15 is 0 Å². The lowest BCUT2D eigenvalue weighted by atomic mass is 10.2. The van der Waals surface area contributed by atoms with Gasteiger partial charge < -0.3 is 9.64 Å². The summed E-state index contributed by atoms with van der Waals surface area (Å²) in [7, 11) is 5.04. The van der Waals surface area contributed by atoms with E-state index in [1.807, 2.05) is 18.2 Å². The van der Waals surface area contributed by atoms with E-state index in [9.17, 15) is 4.79 Å². The highest BCUT2D eigenvalue weighted by molar-refractivity contribution is 9.10. The minimum Gasteiger partial charge on any atom is -0.494 e. The Labute approximate surface area is 108 Å². The summed E-state index contributed by atoms with van der Waals surface area (Å²) in [6, 6.07) is 5.64. The number of amides is 1. The van der Waals surface area contributed by atoms with Gasteiger partial charge in [-0.3, -0.25) is 4.57 Å². The van der Waals surface area contributed by atoms with Crippen molar-refractivity contribution in [1.29, 1.82) is 0 Å². The van der Waals surface area contributed by atoms with E-state index in [-0.39, 0.29) is 6.03 Å². The lowest BCUT2D eigenvalue weighted by molar-refractivity contribution is 0.220. The lowest BCUT2D eigenvalue weighted by Crippen LogP contribution is -2.26. The monoisotopic (exact) mass is 296 g/mol. The summed E-state index contributed by atoms with van der Waals surface area (Å²) in [5.41, 5.74) is 0.837. The third-order valence-corrected chi connectivity index (χ3v) is 3.03. The summed E-state index contributed by atoms with van der Waals surface area (Å²) >= 11 is 3.41. The second-order valence-electron chi connectivity index (χ2n) is 3.91. The zero-order valence-corrected chi connectivity index (χ0v) is 11.5. The summed E-state index contributed by atoms with van der Waals surface area (Å²) in [5.74, 6) is 0.691. The zero-order chi connectivity index (χ0) is 12.6. The predicted octanol–water partition coefficient (Wildman–Crippen LogP) is 2.94. The van der Waals surface area contributed by atoms with Crippen molar-refractivity contribution >= 4 is 32.9 Å². The maximum absolute atomic E-state index is 12.0. The SMILES string of the molecule is COc1cn(C(=O)N(C)C)c2ccc(Br)cc12. The fourth-order valence-corrected chi connectivity index (χ4v) is 2.07.